The highest BCUT2D eigenvalue weighted by atomic mass is 35.5. The quantitative estimate of drug-likeness (QED) is 0.871. The van der Waals surface area contributed by atoms with Gasteiger partial charge in [0, 0.05) is 0 Å². The van der Waals surface area contributed by atoms with Crippen molar-refractivity contribution in [1.82, 2.24) is 20.0 Å². The SMILES string of the molecule is Cc1nn(Cc2nnc(N)s2)c(C)c1Cl. The Bertz CT molecular complexity index is 489. The summed E-state index contributed by atoms with van der Waals surface area (Å²) < 4.78 is 1.80. The van der Waals surface area contributed by atoms with Crippen molar-refractivity contribution in [3.8, 4) is 0 Å². The fraction of sp³-hybridized carbons (Fsp3) is 0.375. The van der Waals surface area contributed by atoms with E-state index >= 15 is 0 Å². The highest BCUT2D eigenvalue weighted by Gasteiger charge is 2.11. The molecule has 0 atom stereocenters. The maximum Gasteiger partial charge on any atom is 0.203 e. The zero-order valence-electron chi connectivity index (χ0n) is 8.36. The average Bonchev–Trinajstić information content (AvgIpc) is 2.68. The average molecular weight is 244 g/mol. The van der Waals surface area contributed by atoms with Gasteiger partial charge in [0.15, 0.2) is 0 Å². The molecule has 2 aromatic rings. The van der Waals surface area contributed by atoms with Gasteiger partial charge in [0.25, 0.3) is 0 Å². The third kappa shape index (κ3) is 1.95. The van der Waals surface area contributed by atoms with Crippen molar-refractivity contribution >= 4 is 28.1 Å². The minimum Gasteiger partial charge on any atom is -0.374 e. The number of aromatic nitrogens is 4. The summed E-state index contributed by atoms with van der Waals surface area (Å²) in [6.45, 7) is 4.36. The number of halogens is 1. The molecule has 15 heavy (non-hydrogen) atoms. The van der Waals surface area contributed by atoms with Crippen molar-refractivity contribution in [2.75, 3.05) is 5.73 Å². The van der Waals surface area contributed by atoms with Gasteiger partial charge in [-0.3, -0.25) is 4.68 Å². The van der Waals surface area contributed by atoms with Crippen LogP contribution in [0.3, 0.4) is 0 Å². The van der Waals surface area contributed by atoms with Gasteiger partial charge in [-0.2, -0.15) is 5.10 Å². The Hall–Kier alpha value is -1.14. The molecule has 0 spiro atoms. The normalized spacial score (nSPS) is 10.9. The van der Waals surface area contributed by atoms with E-state index in [-0.39, 0.29) is 0 Å². The molecule has 5 nitrogen and oxygen atoms in total. The van der Waals surface area contributed by atoms with Crippen molar-refractivity contribution in [3.63, 3.8) is 0 Å². The van der Waals surface area contributed by atoms with Gasteiger partial charge in [0.1, 0.15) is 5.01 Å². The molecular formula is C8H10ClN5S. The number of hydrogen-bond donors (Lipinski definition) is 1. The first kappa shape index (κ1) is 10.4. The van der Waals surface area contributed by atoms with Gasteiger partial charge < -0.3 is 5.73 Å². The summed E-state index contributed by atoms with van der Waals surface area (Å²) in [6, 6.07) is 0. The molecule has 0 unspecified atom stereocenters. The number of anilines is 1. The second-order valence-electron chi connectivity index (χ2n) is 3.18. The predicted molar refractivity (Wildman–Crippen MR) is 60.1 cm³/mol. The van der Waals surface area contributed by atoms with Crippen LogP contribution in [-0.2, 0) is 6.54 Å². The number of hydrogen-bond acceptors (Lipinski definition) is 5. The molecule has 0 bridgehead atoms. The van der Waals surface area contributed by atoms with Crippen LogP contribution in [0.4, 0.5) is 5.13 Å². The van der Waals surface area contributed by atoms with Crippen LogP contribution in [0.15, 0.2) is 0 Å². The molecular weight excluding hydrogens is 234 g/mol. The van der Waals surface area contributed by atoms with E-state index in [0.717, 1.165) is 16.4 Å². The molecule has 0 aliphatic rings. The summed E-state index contributed by atoms with van der Waals surface area (Å²) in [4.78, 5) is 0. The molecule has 2 aromatic heterocycles. The van der Waals surface area contributed by atoms with E-state index in [1.807, 2.05) is 13.8 Å². The fourth-order valence-electron chi connectivity index (χ4n) is 1.29. The van der Waals surface area contributed by atoms with E-state index < -0.39 is 0 Å². The number of nitrogens with two attached hydrogens (primary N) is 1. The van der Waals surface area contributed by atoms with E-state index in [1.165, 1.54) is 11.3 Å². The number of nitrogens with zero attached hydrogens (tertiary/aromatic N) is 4. The van der Waals surface area contributed by atoms with Gasteiger partial charge in [0.05, 0.1) is 23.0 Å². The molecule has 0 fully saturated rings. The van der Waals surface area contributed by atoms with Gasteiger partial charge in [-0.25, -0.2) is 0 Å². The standard InChI is InChI=1S/C8H10ClN5S/c1-4-7(9)5(2)14(13-4)3-6-11-12-8(10)15-6/h3H2,1-2H3,(H2,10,12). The zero-order chi connectivity index (χ0) is 11.0. The first-order chi connectivity index (χ1) is 7.08. The van der Waals surface area contributed by atoms with Crippen LogP contribution >= 0.6 is 22.9 Å². The molecule has 80 valence electrons. The van der Waals surface area contributed by atoms with Gasteiger partial charge in [0.2, 0.25) is 5.13 Å². The smallest absolute Gasteiger partial charge is 0.203 e. The molecule has 2 N–H and O–H groups in total. The Labute approximate surface area is 95.9 Å². The molecule has 0 radical (unpaired) electrons. The highest BCUT2D eigenvalue weighted by molar-refractivity contribution is 7.15. The summed E-state index contributed by atoms with van der Waals surface area (Å²) in [5.74, 6) is 0. The van der Waals surface area contributed by atoms with E-state index in [0.29, 0.717) is 16.7 Å². The van der Waals surface area contributed by atoms with E-state index in [9.17, 15) is 0 Å². The Kier molecular flexibility index (Phi) is 2.62. The van der Waals surface area contributed by atoms with Crippen LogP contribution in [0.25, 0.3) is 0 Å². The lowest BCUT2D eigenvalue weighted by molar-refractivity contribution is 0.651. The van der Waals surface area contributed by atoms with Gasteiger partial charge in [-0.15, -0.1) is 10.2 Å². The first-order valence-electron chi connectivity index (χ1n) is 4.35. The summed E-state index contributed by atoms with van der Waals surface area (Å²) in [5.41, 5.74) is 7.25. The molecule has 0 aliphatic heterocycles. The van der Waals surface area contributed by atoms with Crippen molar-refractivity contribution in [3.05, 3.63) is 21.4 Å². The minimum atomic E-state index is 0.470. The Balaban J connectivity index is 2.28. The van der Waals surface area contributed by atoms with E-state index in [1.54, 1.807) is 4.68 Å². The molecule has 0 aliphatic carbocycles. The second kappa shape index (κ2) is 3.79. The largest absolute Gasteiger partial charge is 0.374 e. The lowest BCUT2D eigenvalue weighted by atomic mass is 10.4. The van der Waals surface area contributed by atoms with Crippen molar-refractivity contribution in [1.29, 1.82) is 0 Å². The number of aryl methyl sites for hydroxylation is 1. The van der Waals surface area contributed by atoms with Crippen LogP contribution in [0.2, 0.25) is 5.02 Å². The predicted octanol–water partition coefficient (Wildman–Crippen LogP) is 1.64. The maximum atomic E-state index is 6.03. The summed E-state index contributed by atoms with van der Waals surface area (Å²) >= 11 is 7.39. The molecule has 2 rings (SSSR count). The van der Waals surface area contributed by atoms with Crippen molar-refractivity contribution in [2.24, 2.45) is 0 Å². The minimum absolute atomic E-state index is 0.470. The van der Waals surface area contributed by atoms with Crippen molar-refractivity contribution in [2.45, 2.75) is 20.4 Å². The number of rotatable bonds is 2. The van der Waals surface area contributed by atoms with Gasteiger partial charge in [-0.05, 0) is 13.8 Å². The van der Waals surface area contributed by atoms with Crippen LogP contribution in [0.5, 0.6) is 0 Å². The third-order valence-electron chi connectivity index (χ3n) is 2.06. The third-order valence-corrected chi connectivity index (χ3v) is 3.34. The topological polar surface area (TPSA) is 69.6 Å². The molecule has 0 saturated carbocycles. The fourth-order valence-corrected chi connectivity index (χ4v) is 2.01. The van der Waals surface area contributed by atoms with Gasteiger partial charge >= 0.3 is 0 Å². The highest BCUT2D eigenvalue weighted by Crippen LogP contribution is 2.20. The Morgan fingerprint density at radius 3 is 2.60 bits per heavy atom. The van der Waals surface area contributed by atoms with Crippen LogP contribution in [0, 0.1) is 13.8 Å². The molecule has 2 heterocycles. The van der Waals surface area contributed by atoms with Crippen LogP contribution in [0.1, 0.15) is 16.4 Å². The number of nitrogen functional groups attached to an aromatic ring is 1. The molecule has 7 heteroatoms. The second-order valence-corrected chi connectivity index (χ2v) is 4.65. The van der Waals surface area contributed by atoms with E-state index in [4.69, 9.17) is 17.3 Å². The molecule has 0 amide bonds. The summed E-state index contributed by atoms with van der Waals surface area (Å²) in [7, 11) is 0. The lowest BCUT2D eigenvalue weighted by Crippen LogP contribution is -2.03. The zero-order valence-corrected chi connectivity index (χ0v) is 9.93. The lowest BCUT2D eigenvalue weighted by Gasteiger charge is -1.99. The molecule has 0 aromatic carbocycles. The molecule has 0 saturated heterocycles. The Morgan fingerprint density at radius 1 is 1.40 bits per heavy atom. The van der Waals surface area contributed by atoms with Crippen molar-refractivity contribution < 1.29 is 0 Å². The van der Waals surface area contributed by atoms with Crippen LogP contribution in [-0.4, -0.2) is 20.0 Å². The maximum absolute atomic E-state index is 6.03. The van der Waals surface area contributed by atoms with Gasteiger partial charge in [-0.1, -0.05) is 22.9 Å². The van der Waals surface area contributed by atoms with E-state index in [2.05, 4.69) is 15.3 Å². The Morgan fingerprint density at radius 2 is 2.13 bits per heavy atom. The monoisotopic (exact) mass is 243 g/mol. The summed E-state index contributed by atoms with van der Waals surface area (Å²) in [5, 5.41) is 14.0. The first-order valence-corrected chi connectivity index (χ1v) is 5.54. The summed E-state index contributed by atoms with van der Waals surface area (Å²) in [6.07, 6.45) is 0. The van der Waals surface area contributed by atoms with Crippen LogP contribution < -0.4 is 5.73 Å².